The van der Waals surface area contributed by atoms with Crippen molar-refractivity contribution in [3.63, 3.8) is 0 Å². The molecule has 3 aromatic rings. The first-order chi connectivity index (χ1) is 14.4. The molecule has 0 radical (unpaired) electrons. The zero-order valence-corrected chi connectivity index (χ0v) is 17.4. The lowest BCUT2D eigenvalue weighted by atomic mass is 10.1. The third-order valence-corrected chi connectivity index (χ3v) is 5.66. The Morgan fingerprint density at radius 2 is 1.60 bits per heavy atom. The van der Waals surface area contributed by atoms with Crippen LogP contribution in [0.25, 0.3) is 11.0 Å². The summed E-state index contributed by atoms with van der Waals surface area (Å²) in [6, 6.07) is 10.3. The number of carbonyl (C=O) groups is 1. The lowest BCUT2D eigenvalue weighted by molar-refractivity contribution is 0.102. The summed E-state index contributed by atoms with van der Waals surface area (Å²) in [5, 5.41) is 3.28. The molecule has 2 heterocycles. The molecule has 1 amide bonds. The molecule has 0 unspecified atom stereocenters. The predicted molar refractivity (Wildman–Crippen MR) is 117 cm³/mol. The number of aromatic nitrogens is 2. The Balaban J connectivity index is 1.89. The van der Waals surface area contributed by atoms with Gasteiger partial charge in [0, 0.05) is 27.2 Å². The second-order valence-corrected chi connectivity index (χ2v) is 7.53. The number of carbonyl (C=O) groups excluding carboxylic acids is 1. The summed E-state index contributed by atoms with van der Waals surface area (Å²) in [4.78, 5) is 39.6. The van der Waals surface area contributed by atoms with Crippen molar-refractivity contribution in [2.75, 3.05) is 36.5 Å². The fourth-order valence-corrected chi connectivity index (χ4v) is 3.83. The van der Waals surface area contributed by atoms with Crippen molar-refractivity contribution in [1.82, 2.24) is 9.13 Å². The summed E-state index contributed by atoms with van der Waals surface area (Å²) in [6.07, 6.45) is 0. The standard InChI is InChI=1S/C21H21ClN4O4/c1-24-17-11-15(23-19(27)13-5-3-4-6-14(13)22)16(26-7-9-30-10-8-26)12-18(17)25(2)21(29)20(24)28/h3-6,11-12H,7-10H2,1-2H3,(H,23,27). The summed E-state index contributed by atoms with van der Waals surface area (Å²) >= 11 is 6.18. The molecule has 0 aliphatic carbocycles. The van der Waals surface area contributed by atoms with E-state index in [-0.39, 0.29) is 5.91 Å². The van der Waals surface area contributed by atoms with E-state index in [9.17, 15) is 14.4 Å². The number of hydrogen-bond acceptors (Lipinski definition) is 5. The highest BCUT2D eigenvalue weighted by atomic mass is 35.5. The van der Waals surface area contributed by atoms with Gasteiger partial charge in [0.05, 0.1) is 46.2 Å². The number of morpholine rings is 1. The van der Waals surface area contributed by atoms with Crippen molar-refractivity contribution >= 4 is 39.9 Å². The van der Waals surface area contributed by atoms with Gasteiger partial charge in [0.15, 0.2) is 0 Å². The van der Waals surface area contributed by atoms with E-state index in [0.29, 0.717) is 53.6 Å². The van der Waals surface area contributed by atoms with Crippen molar-refractivity contribution < 1.29 is 9.53 Å². The largest absolute Gasteiger partial charge is 0.378 e. The molecule has 1 saturated heterocycles. The molecule has 156 valence electrons. The fraction of sp³-hybridized carbons (Fsp3) is 0.286. The SMILES string of the molecule is Cn1c(=O)c(=O)n(C)c2cc(N3CCOCC3)c(NC(=O)c3ccccc3Cl)cc21. The molecular weight excluding hydrogens is 408 g/mol. The van der Waals surface area contributed by atoms with Crippen LogP contribution in [0.3, 0.4) is 0 Å². The number of rotatable bonds is 3. The Morgan fingerprint density at radius 3 is 2.23 bits per heavy atom. The summed E-state index contributed by atoms with van der Waals surface area (Å²) in [5.74, 6) is -0.357. The van der Waals surface area contributed by atoms with Gasteiger partial charge in [-0.05, 0) is 24.3 Å². The quantitative estimate of drug-likeness (QED) is 0.645. The van der Waals surface area contributed by atoms with E-state index in [4.69, 9.17) is 16.3 Å². The first-order valence-electron chi connectivity index (χ1n) is 9.51. The van der Waals surface area contributed by atoms with Crippen LogP contribution < -0.4 is 21.3 Å². The molecular formula is C21H21ClN4O4. The van der Waals surface area contributed by atoms with Gasteiger partial charge in [0.25, 0.3) is 5.91 Å². The lowest BCUT2D eigenvalue weighted by Crippen LogP contribution is -2.40. The van der Waals surface area contributed by atoms with Crippen LogP contribution in [0.5, 0.6) is 0 Å². The predicted octanol–water partition coefficient (Wildman–Crippen LogP) is 1.98. The number of aryl methyl sites for hydroxylation is 2. The van der Waals surface area contributed by atoms with E-state index in [1.807, 2.05) is 6.07 Å². The van der Waals surface area contributed by atoms with Crippen LogP contribution in [0.15, 0.2) is 46.0 Å². The number of fused-ring (bicyclic) bond motifs is 1. The van der Waals surface area contributed by atoms with Crippen LogP contribution in [0.4, 0.5) is 11.4 Å². The van der Waals surface area contributed by atoms with Gasteiger partial charge >= 0.3 is 11.1 Å². The second kappa shape index (κ2) is 7.97. The van der Waals surface area contributed by atoms with Crippen molar-refractivity contribution in [2.24, 2.45) is 14.1 Å². The van der Waals surface area contributed by atoms with E-state index in [1.165, 1.54) is 9.13 Å². The topological polar surface area (TPSA) is 85.6 Å². The Bertz CT molecular complexity index is 1260. The molecule has 2 aromatic carbocycles. The Kier molecular flexibility index (Phi) is 5.36. The molecule has 30 heavy (non-hydrogen) atoms. The fourth-order valence-electron chi connectivity index (χ4n) is 3.61. The number of ether oxygens (including phenoxy) is 1. The van der Waals surface area contributed by atoms with E-state index in [0.717, 1.165) is 5.69 Å². The number of nitrogens with one attached hydrogen (secondary N) is 1. The van der Waals surface area contributed by atoms with Crippen LogP contribution in [0, 0.1) is 0 Å². The summed E-state index contributed by atoms with van der Waals surface area (Å²) in [7, 11) is 3.11. The van der Waals surface area contributed by atoms with E-state index in [2.05, 4.69) is 10.2 Å². The van der Waals surface area contributed by atoms with Gasteiger partial charge in [-0.3, -0.25) is 14.4 Å². The number of benzene rings is 2. The zero-order chi connectivity index (χ0) is 21.4. The minimum Gasteiger partial charge on any atom is -0.378 e. The first-order valence-corrected chi connectivity index (χ1v) is 9.88. The maximum atomic E-state index is 12.9. The molecule has 0 spiro atoms. The summed E-state index contributed by atoms with van der Waals surface area (Å²) < 4.78 is 8.08. The highest BCUT2D eigenvalue weighted by molar-refractivity contribution is 6.34. The number of anilines is 2. The smallest absolute Gasteiger partial charge is 0.316 e. The van der Waals surface area contributed by atoms with Crippen molar-refractivity contribution in [1.29, 1.82) is 0 Å². The number of halogens is 1. The molecule has 1 aliphatic heterocycles. The normalized spacial score (nSPS) is 14.2. The van der Waals surface area contributed by atoms with Crippen molar-refractivity contribution in [3.05, 3.63) is 67.7 Å². The molecule has 1 aliphatic rings. The van der Waals surface area contributed by atoms with Crippen LogP contribution >= 0.6 is 11.6 Å². The average Bonchev–Trinajstić information content (AvgIpc) is 2.76. The number of nitrogens with zero attached hydrogens (tertiary/aromatic N) is 3. The van der Waals surface area contributed by atoms with Gasteiger partial charge in [-0.1, -0.05) is 23.7 Å². The Hall–Kier alpha value is -3.10. The summed E-state index contributed by atoms with van der Waals surface area (Å²) in [5.41, 5.74) is 1.52. The molecule has 0 bridgehead atoms. The number of hydrogen-bond donors (Lipinski definition) is 1. The number of amides is 1. The maximum Gasteiger partial charge on any atom is 0.316 e. The van der Waals surface area contributed by atoms with Crippen LogP contribution in [-0.2, 0) is 18.8 Å². The van der Waals surface area contributed by atoms with Crippen LogP contribution in [0.2, 0.25) is 5.02 Å². The van der Waals surface area contributed by atoms with Crippen molar-refractivity contribution in [3.8, 4) is 0 Å². The van der Waals surface area contributed by atoms with Gasteiger partial charge < -0.3 is 24.1 Å². The zero-order valence-electron chi connectivity index (χ0n) is 16.6. The van der Waals surface area contributed by atoms with Gasteiger partial charge in [-0.2, -0.15) is 0 Å². The summed E-state index contributed by atoms with van der Waals surface area (Å²) in [6.45, 7) is 2.39. The Morgan fingerprint density at radius 1 is 1.00 bits per heavy atom. The molecule has 1 fully saturated rings. The highest BCUT2D eigenvalue weighted by Crippen LogP contribution is 2.32. The van der Waals surface area contributed by atoms with E-state index < -0.39 is 11.1 Å². The molecule has 1 N–H and O–H groups in total. The van der Waals surface area contributed by atoms with Crippen molar-refractivity contribution in [2.45, 2.75) is 0 Å². The minimum atomic E-state index is -0.632. The minimum absolute atomic E-state index is 0.346. The molecule has 4 rings (SSSR count). The van der Waals surface area contributed by atoms with Gasteiger partial charge in [-0.15, -0.1) is 0 Å². The average molecular weight is 429 g/mol. The van der Waals surface area contributed by atoms with Gasteiger partial charge in [0.1, 0.15) is 0 Å². The molecule has 0 atom stereocenters. The highest BCUT2D eigenvalue weighted by Gasteiger charge is 2.21. The van der Waals surface area contributed by atoms with Gasteiger partial charge in [-0.25, -0.2) is 0 Å². The first kappa shape index (κ1) is 20.2. The third-order valence-electron chi connectivity index (χ3n) is 5.33. The Labute approximate surface area is 177 Å². The molecule has 1 aromatic heterocycles. The van der Waals surface area contributed by atoms with Crippen LogP contribution in [-0.4, -0.2) is 41.3 Å². The second-order valence-electron chi connectivity index (χ2n) is 7.12. The maximum absolute atomic E-state index is 12.9. The van der Waals surface area contributed by atoms with Gasteiger partial charge in [0.2, 0.25) is 0 Å². The monoisotopic (exact) mass is 428 g/mol. The molecule has 0 saturated carbocycles. The molecule has 8 nitrogen and oxygen atoms in total. The van der Waals surface area contributed by atoms with E-state index in [1.54, 1.807) is 44.4 Å². The van der Waals surface area contributed by atoms with E-state index >= 15 is 0 Å². The third kappa shape index (κ3) is 3.48. The molecule has 9 heteroatoms. The van der Waals surface area contributed by atoms with Crippen LogP contribution in [0.1, 0.15) is 10.4 Å². The lowest BCUT2D eigenvalue weighted by Gasteiger charge is -2.31.